The van der Waals surface area contributed by atoms with Gasteiger partial charge in [0.2, 0.25) is 6.29 Å². The lowest BCUT2D eigenvalue weighted by Crippen LogP contribution is -2.65. The predicted octanol–water partition coefficient (Wildman–Crippen LogP) is -1.56. The molecule has 0 radical (unpaired) electrons. The second-order valence-corrected chi connectivity index (χ2v) is 10.6. The highest BCUT2D eigenvalue weighted by molar-refractivity contribution is 5.86. The van der Waals surface area contributed by atoms with E-state index in [2.05, 4.69) is 0 Å². The van der Waals surface area contributed by atoms with Gasteiger partial charge in [-0.15, -0.1) is 0 Å². The Labute approximate surface area is 253 Å². The van der Waals surface area contributed by atoms with Gasteiger partial charge in [-0.2, -0.15) is 0 Å². The van der Waals surface area contributed by atoms with Crippen molar-refractivity contribution in [1.82, 2.24) is 0 Å². The number of aromatic hydroxyl groups is 2. The maximum Gasteiger partial charge on any atom is 0.302 e. The number of hydrogen-bond donors (Lipinski definition) is 8. The van der Waals surface area contributed by atoms with Gasteiger partial charge < -0.3 is 69.0 Å². The fraction of sp³-hybridized carbons (Fsp3) is 0.448. The Morgan fingerprint density at radius 3 is 2.18 bits per heavy atom. The number of hydrogen-bond acceptors (Lipinski definition) is 16. The summed E-state index contributed by atoms with van der Waals surface area (Å²) in [5.41, 5.74) is -0.274. The van der Waals surface area contributed by atoms with E-state index in [9.17, 15) is 50.4 Å². The van der Waals surface area contributed by atoms with Gasteiger partial charge in [-0.1, -0.05) is 0 Å². The van der Waals surface area contributed by atoms with Crippen LogP contribution in [-0.4, -0.2) is 121 Å². The number of rotatable bonds is 8. The summed E-state index contributed by atoms with van der Waals surface area (Å²) < 4.78 is 33.3. The normalized spacial score (nSPS) is 31.9. The maximum absolute atomic E-state index is 12.8. The highest BCUT2D eigenvalue weighted by atomic mass is 16.8. The summed E-state index contributed by atoms with van der Waals surface area (Å²) in [5.74, 6) is -1.35. The van der Waals surface area contributed by atoms with Gasteiger partial charge >= 0.3 is 5.97 Å². The van der Waals surface area contributed by atoms with Crippen molar-refractivity contribution in [2.45, 2.75) is 68.3 Å². The molecule has 3 heterocycles. The van der Waals surface area contributed by atoms with Crippen molar-refractivity contribution in [2.75, 3.05) is 13.2 Å². The topological polar surface area (TPSA) is 255 Å². The van der Waals surface area contributed by atoms with E-state index in [0.29, 0.717) is 5.56 Å². The van der Waals surface area contributed by atoms with E-state index in [1.165, 1.54) is 30.3 Å². The average molecular weight is 637 g/mol. The molecule has 0 amide bonds. The summed E-state index contributed by atoms with van der Waals surface area (Å²) in [7, 11) is 0. The molecular weight excluding hydrogens is 604 g/mol. The zero-order valence-electron chi connectivity index (χ0n) is 23.6. The van der Waals surface area contributed by atoms with E-state index in [1.54, 1.807) is 0 Å². The van der Waals surface area contributed by atoms with Crippen LogP contribution in [0.1, 0.15) is 6.92 Å². The third-order valence-electron chi connectivity index (χ3n) is 7.42. The molecule has 5 rings (SSSR count). The lowest BCUT2D eigenvalue weighted by Gasteiger charge is -2.45. The van der Waals surface area contributed by atoms with Crippen LogP contribution in [-0.2, 0) is 23.7 Å². The molecule has 10 atom stereocenters. The lowest BCUT2D eigenvalue weighted by atomic mass is 9.97. The van der Waals surface area contributed by atoms with Crippen LogP contribution >= 0.6 is 0 Å². The van der Waals surface area contributed by atoms with Crippen LogP contribution in [0, 0.1) is 0 Å². The van der Waals surface area contributed by atoms with Gasteiger partial charge in [0.05, 0.1) is 6.61 Å². The number of ether oxygens (including phenoxy) is 5. The van der Waals surface area contributed by atoms with E-state index in [4.69, 9.17) is 28.1 Å². The molecule has 0 aliphatic carbocycles. The van der Waals surface area contributed by atoms with Crippen molar-refractivity contribution >= 4 is 16.9 Å². The van der Waals surface area contributed by atoms with E-state index < -0.39 is 91.8 Å². The van der Waals surface area contributed by atoms with E-state index in [-0.39, 0.29) is 28.2 Å². The number of phenols is 2. The second kappa shape index (κ2) is 13.3. The minimum atomic E-state index is -1.90. The molecule has 0 spiro atoms. The zero-order valence-corrected chi connectivity index (χ0v) is 23.6. The summed E-state index contributed by atoms with van der Waals surface area (Å²) in [5, 5.41) is 82.4. The molecule has 1 aromatic heterocycles. The van der Waals surface area contributed by atoms with Crippen LogP contribution in [0.25, 0.3) is 22.3 Å². The van der Waals surface area contributed by atoms with Crippen LogP contribution in [0.15, 0.2) is 51.7 Å². The van der Waals surface area contributed by atoms with Crippen LogP contribution in [0.5, 0.6) is 17.2 Å². The molecule has 2 fully saturated rings. The molecule has 244 valence electrons. The van der Waals surface area contributed by atoms with Crippen LogP contribution in [0.3, 0.4) is 0 Å². The van der Waals surface area contributed by atoms with Gasteiger partial charge in [-0.3, -0.25) is 9.59 Å². The number of fused-ring (bicyclic) bond motifs is 1. The Kier molecular flexibility index (Phi) is 9.59. The molecule has 3 aromatic rings. The smallest absolute Gasteiger partial charge is 0.302 e. The number of aliphatic hydroxyl groups excluding tert-OH is 6. The molecule has 0 saturated carbocycles. The quantitative estimate of drug-likeness (QED) is 0.130. The first-order valence-electron chi connectivity index (χ1n) is 13.8. The first-order valence-corrected chi connectivity index (χ1v) is 13.8. The molecule has 16 nitrogen and oxygen atoms in total. The van der Waals surface area contributed by atoms with Crippen molar-refractivity contribution in [2.24, 2.45) is 0 Å². The SMILES string of the molecule is CC(=O)OC[C@H]1O[C@@H](O[C@H]2[C@H](Oc3cc(O)c4c(=O)cc(-c5ccc(O)cc5)oc4c3)O[C@H](CO)[C@@H](O)[C@@H]2O)[C@H](O)[C@H](O)[C@@H]1O. The Hall–Kier alpha value is -3.84. The summed E-state index contributed by atoms with van der Waals surface area (Å²) >= 11 is 0. The molecule has 45 heavy (non-hydrogen) atoms. The number of phenolic OH excluding ortho intramolecular Hbond substituents is 2. The molecule has 0 bridgehead atoms. The highest BCUT2D eigenvalue weighted by Crippen LogP contribution is 2.35. The predicted molar refractivity (Wildman–Crippen MR) is 148 cm³/mol. The first-order chi connectivity index (χ1) is 21.4. The van der Waals surface area contributed by atoms with Gasteiger partial charge in [-0.25, -0.2) is 0 Å². The Morgan fingerprint density at radius 1 is 0.844 bits per heavy atom. The third kappa shape index (κ3) is 6.74. The first kappa shape index (κ1) is 32.6. The molecule has 2 saturated heterocycles. The largest absolute Gasteiger partial charge is 0.508 e. The number of esters is 1. The molecular formula is C29H32O16. The van der Waals surface area contributed by atoms with Crippen LogP contribution in [0.4, 0.5) is 0 Å². The van der Waals surface area contributed by atoms with Crippen molar-refractivity contribution in [3.63, 3.8) is 0 Å². The Balaban J connectivity index is 1.45. The molecule has 0 unspecified atom stereocenters. The van der Waals surface area contributed by atoms with E-state index in [0.717, 1.165) is 19.1 Å². The van der Waals surface area contributed by atoms with Crippen molar-refractivity contribution in [3.05, 3.63) is 52.7 Å². The van der Waals surface area contributed by atoms with Crippen molar-refractivity contribution < 1.29 is 73.7 Å². The lowest BCUT2D eigenvalue weighted by molar-refractivity contribution is -0.358. The number of benzene rings is 2. The summed E-state index contributed by atoms with van der Waals surface area (Å²) in [6.45, 7) is -0.182. The van der Waals surface area contributed by atoms with Crippen molar-refractivity contribution in [3.8, 4) is 28.6 Å². The van der Waals surface area contributed by atoms with E-state index in [1.807, 2.05) is 0 Å². The molecule has 2 aliphatic heterocycles. The van der Waals surface area contributed by atoms with E-state index >= 15 is 0 Å². The summed E-state index contributed by atoms with van der Waals surface area (Å²) in [4.78, 5) is 24.1. The van der Waals surface area contributed by atoms with Crippen molar-refractivity contribution in [1.29, 1.82) is 0 Å². The molecule has 16 heteroatoms. The Morgan fingerprint density at radius 2 is 1.51 bits per heavy atom. The zero-order chi connectivity index (χ0) is 32.6. The monoisotopic (exact) mass is 636 g/mol. The average Bonchev–Trinajstić information content (AvgIpc) is 2.99. The van der Waals surface area contributed by atoms with Crippen LogP contribution < -0.4 is 10.2 Å². The highest BCUT2D eigenvalue weighted by Gasteiger charge is 2.51. The number of carbonyl (C=O) groups excluding carboxylic acids is 1. The molecule has 8 N–H and O–H groups in total. The van der Waals surface area contributed by atoms with Gasteiger partial charge in [-0.05, 0) is 24.3 Å². The maximum atomic E-state index is 12.8. The fourth-order valence-electron chi connectivity index (χ4n) is 5.03. The standard InChI is InChI=1S/C29H32O16/c1-11(31)40-10-20-23(36)24(37)26(39)28(44-20)45-27-25(38)22(35)19(9-30)43-29(27)41-14-6-15(33)21-16(34)8-17(42-18(21)7-14)12-2-4-13(32)5-3-12/h2-8,19-20,22-30,32-33,35-39H,9-10H2,1H3/t19-,20-,22-,23-,24-,25+,26-,27-,28+,29-/m1/s1. The van der Waals surface area contributed by atoms with Gasteiger partial charge in [0, 0.05) is 30.7 Å². The third-order valence-corrected chi connectivity index (χ3v) is 7.42. The molecule has 2 aromatic carbocycles. The van der Waals surface area contributed by atoms with Crippen LogP contribution in [0.2, 0.25) is 0 Å². The molecule has 2 aliphatic rings. The Bertz CT molecular complexity index is 1560. The minimum Gasteiger partial charge on any atom is -0.508 e. The minimum absolute atomic E-state index is 0.00953. The fourth-order valence-corrected chi connectivity index (χ4v) is 5.03. The van der Waals surface area contributed by atoms with Gasteiger partial charge in [0.1, 0.15) is 83.3 Å². The second-order valence-electron chi connectivity index (χ2n) is 10.6. The number of carbonyl (C=O) groups is 1. The van der Waals surface area contributed by atoms with Gasteiger partial charge in [0.25, 0.3) is 0 Å². The summed E-state index contributed by atoms with van der Waals surface area (Å²) in [6, 6.07) is 9.22. The summed E-state index contributed by atoms with van der Waals surface area (Å²) in [6.07, 6.45) is -16.9. The number of aliphatic hydroxyl groups is 6. The van der Waals surface area contributed by atoms with Gasteiger partial charge in [0.15, 0.2) is 17.8 Å².